The number of benzene rings is 2. The summed E-state index contributed by atoms with van der Waals surface area (Å²) in [5, 5.41) is 7.70. The van der Waals surface area contributed by atoms with Crippen molar-refractivity contribution in [2.24, 2.45) is 4.99 Å². The molecule has 1 fully saturated rings. The third-order valence-electron chi connectivity index (χ3n) is 5.47. The van der Waals surface area contributed by atoms with Crippen LogP contribution >= 0.6 is 0 Å². The molecule has 1 N–H and O–H groups in total. The molecular formula is C23H29N7O. The van der Waals surface area contributed by atoms with Crippen LogP contribution in [0.1, 0.15) is 11.1 Å². The molecule has 1 aromatic heterocycles. The Hall–Kier alpha value is -3.55. The average Bonchev–Trinajstić information content (AvgIpc) is 3.33. The predicted octanol–water partition coefficient (Wildman–Crippen LogP) is 2.23. The lowest BCUT2D eigenvalue weighted by Gasteiger charge is -2.38. The van der Waals surface area contributed by atoms with Gasteiger partial charge in [0.1, 0.15) is 18.4 Å². The maximum absolute atomic E-state index is 5.52. The molecular weight excluding hydrogens is 390 g/mol. The number of guanidine groups is 1. The van der Waals surface area contributed by atoms with Gasteiger partial charge in [0.15, 0.2) is 5.96 Å². The van der Waals surface area contributed by atoms with Gasteiger partial charge in [-0.2, -0.15) is 5.10 Å². The monoisotopic (exact) mass is 419 g/mol. The second-order valence-corrected chi connectivity index (χ2v) is 7.46. The fourth-order valence-electron chi connectivity index (χ4n) is 3.90. The summed E-state index contributed by atoms with van der Waals surface area (Å²) in [4.78, 5) is 13.2. The van der Waals surface area contributed by atoms with Gasteiger partial charge in [0.25, 0.3) is 0 Å². The number of anilines is 1. The molecule has 162 valence electrons. The molecule has 2 heterocycles. The van der Waals surface area contributed by atoms with Gasteiger partial charge in [0.05, 0.1) is 19.3 Å². The van der Waals surface area contributed by atoms with Crippen molar-refractivity contribution in [1.82, 2.24) is 25.0 Å². The van der Waals surface area contributed by atoms with E-state index in [9.17, 15) is 0 Å². The van der Waals surface area contributed by atoms with E-state index in [-0.39, 0.29) is 0 Å². The topological polar surface area (TPSA) is 70.8 Å². The van der Waals surface area contributed by atoms with Gasteiger partial charge in [0, 0.05) is 39.8 Å². The van der Waals surface area contributed by atoms with E-state index in [1.807, 2.05) is 23.9 Å². The molecule has 1 saturated heterocycles. The Kier molecular flexibility index (Phi) is 6.66. The van der Waals surface area contributed by atoms with Crippen LogP contribution in [-0.2, 0) is 13.1 Å². The van der Waals surface area contributed by atoms with E-state index in [2.05, 4.69) is 66.6 Å². The Labute approximate surface area is 183 Å². The highest BCUT2D eigenvalue weighted by Crippen LogP contribution is 2.28. The summed E-state index contributed by atoms with van der Waals surface area (Å²) in [5.74, 6) is 1.85. The van der Waals surface area contributed by atoms with Crippen LogP contribution < -0.4 is 15.0 Å². The van der Waals surface area contributed by atoms with Crippen molar-refractivity contribution >= 4 is 11.6 Å². The predicted molar refractivity (Wildman–Crippen MR) is 123 cm³/mol. The van der Waals surface area contributed by atoms with E-state index in [1.54, 1.807) is 19.8 Å². The molecule has 8 heteroatoms. The molecule has 2 aromatic carbocycles. The first-order valence-electron chi connectivity index (χ1n) is 10.5. The molecule has 0 aliphatic carbocycles. The molecule has 4 rings (SSSR count). The van der Waals surface area contributed by atoms with Crippen LogP contribution in [0, 0.1) is 0 Å². The number of piperazine rings is 1. The number of aromatic nitrogens is 3. The number of methoxy groups -OCH3 is 1. The molecule has 0 bridgehead atoms. The van der Waals surface area contributed by atoms with Gasteiger partial charge < -0.3 is 19.9 Å². The van der Waals surface area contributed by atoms with E-state index < -0.39 is 0 Å². The molecule has 8 nitrogen and oxygen atoms in total. The molecule has 31 heavy (non-hydrogen) atoms. The molecule has 3 aromatic rings. The zero-order chi connectivity index (χ0) is 21.5. The Morgan fingerprint density at radius 2 is 1.87 bits per heavy atom. The van der Waals surface area contributed by atoms with Crippen LogP contribution in [0.2, 0.25) is 0 Å². The Morgan fingerprint density at radius 1 is 1.06 bits per heavy atom. The third kappa shape index (κ3) is 5.14. The van der Waals surface area contributed by atoms with Crippen molar-refractivity contribution in [2.75, 3.05) is 45.2 Å². The normalized spacial score (nSPS) is 14.6. The highest BCUT2D eigenvalue weighted by molar-refractivity contribution is 5.80. The smallest absolute Gasteiger partial charge is 0.194 e. The molecule has 0 saturated carbocycles. The fraction of sp³-hybridized carbons (Fsp3) is 0.348. The minimum Gasteiger partial charge on any atom is -0.495 e. The lowest BCUT2D eigenvalue weighted by molar-refractivity contribution is 0.367. The highest BCUT2D eigenvalue weighted by atomic mass is 16.5. The molecule has 0 unspecified atom stereocenters. The summed E-state index contributed by atoms with van der Waals surface area (Å²) >= 11 is 0. The number of rotatable bonds is 6. The summed E-state index contributed by atoms with van der Waals surface area (Å²) in [6.07, 6.45) is 3.29. The Bertz CT molecular complexity index is 995. The average molecular weight is 420 g/mol. The molecule has 1 aliphatic heterocycles. The van der Waals surface area contributed by atoms with E-state index in [0.717, 1.165) is 50.1 Å². The number of nitrogens with zero attached hydrogens (tertiary/aromatic N) is 6. The standard InChI is InChI=1S/C23H29N7O/c1-24-23(26-15-19-6-5-7-20(14-19)16-30-18-25-17-27-30)29-12-10-28(11-13-29)21-8-3-4-9-22(21)31-2/h3-9,14,17-18H,10-13,15-16H2,1-2H3,(H,24,26). The van der Waals surface area contributed by atoms with Crippen molar-refractivity contribution in [1.29, 1.82) is 0 Å². The number of aliphatic imine (C=N–C) groups is 1. The van der Waals surface area contributed by atoms with E-state index >= 15 is 0 Å². The summed E-state index contributed by atoms with van der Waals surface area (Å²) in [6.45, 7) is 5.11. The van der Waals surface area contributed by atoms with Crippen molar-refractivity contribution in [3.05, 3.63) is 72.3 Å². The second-order valence-electron chi connectivity index (χ2n) is 7.46. The molecule has 0 amide bonds. The van der Waals surface area contributed by atoms with Crippen molar-refractivity contribution in [3.8, 4) is 5.75 Å². The van der Waals surface area contributed by atoms with Gasteiger partial charge in [0.2, 0.25) is 0 Å². The van der Waals surface area contributed by atoms with Crippen molar-refractivity contribution in [2.45, 2.75) is 13.1 Å². The second kappa shape index (κ2) is 9.97. The van der Waals surface area contributed by atoms with Crippen LogP contribution in [0.5, 0.6) is 5.75 Å². The summed E-state index contributed by atoms with van der Waals surface area (Å²) in [7, 11) is 3.57. The Morgan fingerprint density at radius 3 is 2.61 bits per heavy atom. The first kappa shape index (κ1) is 20.7. The number of hydrogen-bond donors (Lipinski definition) is 1. The van der Waals surface area contributed by atoms with Gasteiger partial charge >= 0.3 is 0 Å². The number of ether oxygens (including phenoxy) is 1. The summed E-state index contributed by atoms with van der Waals surface area (Å²) in [5.41, 5.74) is 3.56. The van der Waals surface area contributed by atoms with Crippen LogP contribution in [0.4, 0.5) is 5.69 Å². The molecule has 1 aliphatic rings. The lowest BCUT2D eigenvalue weighted by Crippen LogP contribution is -2.52. The van der Waals surface area contributed by atoms with Crippen molar-refractivity contribution < 1.29 is 4.74 Å². The maximum atomic E-state index is 5.52. The number of para-hydroxylation sites is 2. The summed E-state index contributed by atoms with van der Waals surface area (Å²) < 4.78 is 7.35. The van der Waals surface area contributed by atoms with E-state index in [1.165, 1.54) is 11.1 Å². The van der Waals surface area contributed by atoms with Crippen LogP contribution in [0.25, 0.3) is 0 Å². The maximum Gasteiger partial charge on any atom is 0.194 e. The van der Waals surface area contributed by atoms with Gasteiger partial charge in [-0.3, -0.25) is 4.99 Å². The van der Waals surface area contributed by atoms with E-state index in [0.29, 0.717) is 6.54 Å². The highest BCUT2D eigenvalue weighted by Gasteiger charge is 2.21. The van der Waals surface area contributed by atoms with Crippen molar-refractivity contribution in [3.63, 3.8) is 0 Å². The van der Waals surface area contributed by atoms with Gasteiger partial charge in [-0.15, -0.1) is 0 Å². The molecule has 0 radical (unpaired) electrons. The van der Waals surface area contributed by atoms with Gasteiger partial charge in [-0.05, 0) is 23.3 Å². The zero-order valence-electron chi connectivity index (χ0n) is 18.1. The third-order valence-corrected chi connectivity index (χ3v) is 5.47. The Balaban J connectivity index is 1.32. The molecule has 0 atom stereocenters. The molecule has 0 spiro atoms. The SMILES string of the molecule is CN=C(NCc1cccc(Cn2cncn2)c1)N1CCN(c2ccccc2OC)CC1. The largest absolute Gasteiger partial charge is 0.495 e. The van der Waals surface area contributed by atoms with Crippen LogP contribution in [-0.4, -0.2) is 66.0 Å². The number of hydrogen-bond acceptors (Lipinski definition) is 5. The van der Waals surface area contributed by atoms with Crippen LogP contribution in [0.3, 0.4) is 0 Å². The minimum atomic E-state index is 0.716. The van der Waals surface area contributed by atoms with Gasteiger partial charge in [-0.1, -0.05) is 36.4 Å². The fourth-order valence-corrected chi connectivity index (χ4v) is 3.90. The van der Waals surface area contributed by atoms with Crippen LogP contribution in [0.15, 0.2) is 66.2 Å². The lowest BCUT2D eigenvalue weighted by atomic mass is 10.1. The first-order chi connectivity index (χ1) is 15.3. The minimum absolute atomic E-state index is 0.716. The quantitative estimate of drug-likeness (QED) is 0.488. The van der Waals surface area contributed by atoms with E-state index in [4.69, 9.17) is 4.74 Å². The number of nitrogens with one attached hydrogen (secondary N) is 1. The first-order valence-corrected chi connectivity index (χ1v) is 10.5. The van der Waals surface area contributed by atoms with Gasteiger partial charge in [-0.25, -0.2) is 9.67 Å². The zero-order valence-corrected chi connectivity index (χ0v) is 18.1. The summed E-state index contributed by atoms with van der Waals surface area (Å²) in [6, 6.07) is 16.7.